The summed E-state index contributed by atoms with van der Waals surface area (Å²) >= 11 is 0. The van der Waals surface area contributed by atoms with Gasteiger partial charge in [0.1, 0.15) is 5.82 Å². The smallest absolute Gasteiger partial charge is 0.373 e. The lowest BCUT2D eigenvalue weighted by Gasteiger charge is -2.29. The summed E-state index contributed by atoms with van der Waals surface area (Å²) < 4.78 is 56.3. The van der Waals surface area contributed by atoms with Gasteiger partial charge in [0.2, 0.25) is 0 Å². The number of benzene rings is 1. The summed E-state index contributed by atoms with van der Waals surface area (Å²) in [6, 6.07) is 4.32. The van der Waals surface area contributed by atoms with E-state index in [0.29, 0.717) is 18.1 Å². The normalized spacial score (nSPS) is 22.2. The maximum atomic E-state index is 14.0. The maximum Gasteiger partial charge on any atom is 0.409 e. The Balaban J connectivity index is 1.92. The van der Waals surface area contributed by atoms with Crippen LogP contribution in [-0.4, -0.2) is 12.8 Å². The predicted octanol–water partition coefficient (Wildman–Crippen LogP) is 6.45. The van der Waals surface area contributed by atoms with Gasteiger partial charge in [-0.3, -0.25) is 0 Å². The average Bonchev–Trinajstić information content (AvgIpc) is 2.54. The lowest BCUT2D eigenvalue weighted by Crippen LogP contribution is -2.20. The first-order valence-corrected chi connectivity index (χ1v) is 8.56. The molecule has 1 aliphatic heterocycles. The molecule has 24 heavy (non-hydrogen) atoms. The van der Waals surface area contributed by atoms with Gasteiger partial charge in [0.25, 0.3) is 0 Å². The highest BCUT2D eigenvalue weighted by molar-refractivity contribution is 5.51. The van der Waals surface area contributed by atoms with Crippen LogP contribution in [0.15, 0.2) is 24.3 Å². The number of rotatable bonds is 6. The first-order valence-electron chi connectivity index (χ1n) is 8.56. The van der Waals surface area contributed by atoms with Crippen molar-refractivity contribution in [1.82, 2.24) is 0 Å². The minimum atomic E-state index is -4.44. The van der Waals surface area contributed by atoms with Gasteiger partial charge in [-0.05, 0) is 42.9 Å². The van der Waals surface area contributed by atoms with Crippen molar-refractivity contribution < 1.29 is 22.3 Å². The fourth-order valence-electron chi connectivity index (χ4n) is 3.04. The fraction of sp³-hybridized carbons (Fsp3) is 0.579. The molecule has 0 spiro atoms. The number of allylic oxidation sites excluding steroid dienone is 1. The first kappa shape index (κ1) is 19.0. The van der Waals surface area contributed by atoms with Crippen LogP contribution in [0.4, 0.5) is 17.6 Å². The van der Waals surface area contributed by atoms with Gasteiger partial charge in [0, 0.05) is 11.6 Å². The zero-order valence-corrected chi connectivity index (χ0v) is 13.9. The molecular weight excluding hydrogens is 320 g/mol. The summed E-state index contributed by atoms with van der Waals surface area (Å²) in [6.45, 7) is 2.85. The number of unbranched alkanes of at least 4 members (excludes halogenated alkanes) is 2. The SMILES string of the molecule is CCCCCC1CCC(c2ccc(/C=C/C(F)(F)F)c(F)c2)OC1. The third-order valence-electron chi connectivity index (χ3n) is 4.43. The predicted molar refractivity (Wildman–Crippen MR) is 87.0 cm³/mol. The van der Waals surface area contributed by atoms with E-state index in [0.717, 1.165) is 25.3 Å². The van der Waals surface area contributed by atoms with Gasteiger partial charge in [0.15, 0.2) is 0 Å². The second-order valence-electron chi connectivity index (χ2n) is 6.42. The van der Waals surface area contributed by atoms with E-state index in [1.165, 1.54) is 31.4 Å². The van der Waals surface area contributed by atoms with Crippen LogP contribution >= 0.6 is 0 Å². The third kappa shape index (κ3) is 5.93. The van der Waals surface area contributed by atoms with Crippen LogP contribution < -0.4 is 0 Å². The van der Waals surface area contributed by atoms with Crippen molar-refractivity contribution in [2.45, 2.75) is 57.7 Å². The molecule has 2 rings (SSSR count). The third-order valence-corrected chi connectivity index (χ3v) is 4.43. The molecule has 2 atom stereocenters. The Labute approximate surface area is 140 Å². The zero-order valence-electron chi connectivity index (χ0n) is 13.9. The summed E-state index contributed by atoms with van der Waals surface area (Å²) in [6.07, 6.45) is 2.88. The topological polar surface area (TPSA) is 9.23 Å². The highest BCUT2D eigenvalue weighted by Gasteiger charge is 2.24. The molecule has 134 valence electrons. The molecule has 0 aromatic heterocycles. The molecule has 1 aromatic carbocycles. The zero-order chi connectivity index (χ0) is 17.6. The molecule has 0 N–H and O–H groups in total. The van der Waals surface area contributed by atoms with E-state index in [-0.39, 0.29) is 17.7 Å². The average molecular weight is 344 g/mol. The van der Waals surface area contributed by atoms with Crippen molar-refractivity contribution in [1.29, 1.82) is 0 Å². The Morgan fingerprint density at radius 3 is 2.58 bits per heavy atom. The van der Waals surface area contributed by atoms with Gasteiger partial charge in [-0.25, -0.2) is 4.39 Å². The lowest BCUT2D eigenvalue weighted by molar-refractivity contribution is -0.0790. The number of hydrogen-bond acceptors (Lipinski definition) is 1. The van der Waals surface area contributed by atoms with Crippen molar-refractivity contribution >= 4 is 6.08 Å². The Morgan fingerprint density at radius 2 is 2.00 bits per heavy atom. The molecule has 1 aromatic rings. The molecule has 5 heteroatoms. The molecule has 0 radical (unpaired) electrons. The van der Waals surface area contributed by atoms with Crippen molar-refractivity contribution in [3.63, 3.8) is 0 Å². The molecule has 1 nitrogen and oxygen atoms in total. The minimum Gasteiger partial charge on any atom is -0.373 e. The molecule has 1 saturated heterocycles. The molecule has 1 aliphatic rings. The van der Waals surface area contributed by atoms with Crippen LogP contribution in [-0.2, 0) is 4.74 Å². The Hall–Kier alpha value is -1.36. The summed E-state index contributed by atoms with van der Waals surface area (Å²) in [7, 11) is 0. The minimum absolute atomic E-state index is 0.0447. The van der Waals surface area contributed by atoms with Crippen molar-refractivity contribution in [2.24, 2.45) is 5.92 Å². The second kappa shape index (κ2) is 8.65. The molecule has 0 saturated carbocycles. The lowest BCUT2D eigenvalue weighted by atomic mass is 9.90. The van der Waals surface area contributed by atoms with E-state index < -0.39 is 12.0 Å². The highest BCUT2D eigenvalue weighted by Crippen LogP contribution is 2.33. The Bertz CT molecular complexity index is 543. The van der Waals surface area contributed by atoms with Gasteiger partial charge in [-0.2, -0.15) is 13.2 Å². The maximum absolute atomic E-state index is 14.0. The van der Waals surface area contributed by atoms with Gasteiger partial charge in [-0.1, -0.05) is 38.3 Å². The van der Waals surface area contributed by atoms with E-state index in [4.69, 9.17) is 4.74 Å². The molecule has 1 fully saturated rings. The molecule has 2 unspecified atom stereocenters. The van der Waals surface area contributed by atoms with E-state index in [2.05, 4.69) is 6.92 Å². The summed E-state index contributed by atoms with van der Waals surface area (Å²) in [5.74, 6) is -0.0895. The quantitative estimate of drug-likeness (QED) is 0.426. The summed E-state index contributed by atoms with van der Waals surface area (Å²) in [5, 5.41) is 0. The largest absolute Gasteiger partial charge is 0.409 e. The summed E-state index contributed by atoms with van der Waals surface area (Å²) in [5.41, 5.74) is 0.632. The van der Waals surface area contributed by atoms with E-state index in [1.807, 2.05) is 0 Å². The van der Waals surface area contributed by atoms with Crippen LogP contribution in [0.2, 0.25) is 0 Å². The number of ether oxygens (including phenoxy) is 1. The number of hydrogen-bond donors (Lipinski definition) is 0. The van der Waals surface area contributed by atoms with Crippen molar-refractivity contribution in [3.05, 3.63) is 41.2 Å². The molecule has 0 aliphatic carbocycles. The summed E-state index contributed by atoms with van der Waals surface area (Å²) in [4.78, 5) is 0. The fourth-order valence-corrected chi connectivity index (χ4v) is 3.04. The second-order valence-corrected chi connectivity index (χ2v) is 6.42. The van der Waals surface area contributed by atoms with Crippen molar-refractivity contribution in [2.75, 3.05) is 6.61 Å². The first-order chi connectivity index (χ1) is 11.4. The van der Waals surface area contributed by atoms with E-state index in [1.54, 1.807) is 6.07 Å². The molecule has 1 heterocycles. The monoisotopic (exact) mass is 344 g/mol. The van der Waals surface area contributed by atoms with Crippen LogP contribution in [0.25, 0.3) is 6.08 Å². The molecule has 0 amide bonds. The highest BCUT2D eigenvalue weighted by atomic mass is 19.4. The standard InChI is InChI=1S/C19H24F4O/c1-2-3-4-5-14-6-9-18(24-13-14)16-8-7-15(17(20)12-16)10-11-19(21,22)23/h7-8,10-12,14,18H,2-6,9,13H2,1H3/b11-10+. The molecule has 0 bridgehead atoms. The molecular formula is C19H24F4O. The van der Waals surface area contributed by atoms with Crippen molar-refractivity contribution in [3.8, 4) is 0 Å². The van der Waals surface area contributed by atoms with Crippen LogP contribution in [0.5, 0.6) is 0 Å². The van der Waals surface area contributed by atoms with Crippen LogP contribution in [0, 0.1) is 11.7 Å². The van der Waals surface area contributed by atoms with E-state index >= 15 is 0 Å². The Morgan fingerprint density at radius 1 is 1.21 bits per heavy atom. The number of halogens is 4. The van der Waals surface area contributed by atoms with Gasteiger partial charge in [0.05, 0.1) is 12.7 Å². The van der Waals surface area contributed by atoms with Crippen LogP contribution in [0.3, 0.4) is 0 Å². The van der Waals surface area contributed by atoms with Gasteiger partial charge in [-0.15, -0.1) is 0 Å². The number of alkyl halides is 3. The van der Waals surface area contributed by atoms with Gasteiger partial charge < -0.3 is 4.74 Å². The van der Waals surface area contributed by atoms with Crippen LogP contribution in [0.1, 0.15) is 62.7 Å². The van der Waals surface area contributed by atoms with E-state index in [9.17, 15) is 17.6 Å². The van der Waals surface area contributed by atoms with Gasteiger partial charge >= 0.3 is 6.18 Å². The Kier molecular flexibility index (Phi) is 6.84.